The van der Waals surface area contributed by atoms with Gasteiger partial charge >= 0.3 is 0 Å². The molecule has 0 unspecified atom stereocenters. The van der Waals surface area contributed by atoms with Crippen molar-refractivity contribution in [2.75, 3.05) is 31.1 Å². The number of benzene rings is 1. The molecular weight excluding hydrogens is 438 g/mol. The lowest BCUT2D eigenvalue weighted by atomic mass is 10.1. The predicted octanol–water partition coefficient (Wildman–Crippen LogP) is 4.82. The molecule has 4 heterocycles. The molecule has 0 N–H and O–H groups in total. The molecule has 162 valence electrons. The van der Waals surface area contributed by atoms with Gasteiger partial charge in [0, 0.05) is 59.4 Å². The number of hydrogen-bond acceptors (Lipinski definition) is 7. The summed E-state index contributed by atoms with van der Waals surface area (Å²) >= 11 is 3.24. The van der Waals surface area contributed by atoms with Gasteiger partial charge in [-0.15, -0.1) is 11.3 Å². The molecule has 0 saturated carbocycles. The fourth-order valence-electron chi connectivity index (χ4n) is 3.96. The van der Waals surface area contributed by atoms with Gasteiger partial charge in [0.15, 0.2) is 0 Å². The summed E-state index contributed by atoms with van der Waals surface area (Å²) < 4.78 is 0. The van der Waals surface area contributed by atoms with Gasteiger partial charge in [0.05, 0.1) is 5.56 Å². The van der Waals surface area contributed by atoms with Crippen molar-refractivity contribution in [2.45, 2.75) is 23.8 Å². The van der Waals surface area contributed by atoms with E-state index >= 15 is 0 Å². The third-order valence-corrected chi connectivity index (χ3v) is 8.04. The van der Waals surface area contributed by atoms with E-state index in [1.807, 2.05) is 41.3 Å². The number of rotatable bonds is 4. The molecule has 0 radical (unpaired) electrons. The minimum absolute atomic E-state index is 0.0750. The predicted molar refractivity (Wildman–Crippen MR) is 130 cm³/mol. The van der Waals surface area contributed by atoms with Gasteiger partial charge in [0.25, 0.3) is 5.91 Å². The smallest absolute Gasteiger partial charge is 0.255 e. The van der Waals surface area contributed by atoms with E-state index in [0.29, 0.717) is 13.1 Å². The lowest BCUT2D eigenvalue weighted by molar-refractivity contribution is 0.0743. The van der Waals surface area contributed by atoms with Crippen LogP contribution in [0.4, 0.5) is 5.69 Å². The number of pyridine rings is 1. The van der Waals surface area contributed by atoms with E-state index in [1.54, 1.807) is 41.8 Å². The highest BCUT2D eigenvalue weighted by Gasteiger charge is 2.25. The maximum absolute atomic E-state index is 13.4. The van der Waals surface area contributed by atoms with Crippen molar-refractivity contribution in [1.29, 1.82) is 0 Å². The van der Waals surface area contributed by atoms with Gasteiger partial charge in [0.2, 0.25) is 0 Å². The Balaban J connectivity index is 1.37. The first-order chi connectivity index (χ1) is 15.6. The van der Waals surface area contributed by atoms with Crippen molar-refractivity contribution in [1.82, 2.24) is 19.9 Å². The summed E-state index contributed by atoms with van der Waals surface area (Å²) in [6.45, 7) is 7.23. The van der Waals surface area contributed by atoms with Crippen LogP contribution in [-0.4, -0.2) is 51.9 Å². The molecule has 3 aromatic heterocycles. The van der Waals surface area contributed by atoms with Crippen molar-refractivity contribution >= 4 is 44.9 Å². The van der Waals surface area contributed by atoms with Crippen molar-refractivity contribution in [3.63, 3.8) is 0 Å². The summed E-state index contributed by atoms with van der Waals surface area (Å²) in [5.74, 6) is 0.0750. The van der Waals surface area contributed by atoms with E-state index in [4.69, 9.17) is 0 Å². The standard InChI is InChI=1S/C24H23N5OS2/c1-16-17(2)31-22-21(16)23(27-15-26-22)32-20-6-4-3-5-19(20)24(30)29-13-11-28(12-14-29)18-7-9-25-10-8-18/h3-10,15H,11-14H2,1-2H3. The maximum Gasteiger partial charge on any atom is 0.255 e. The number of anilines is 1. The number of hydrogen-bond donors (Lipinski definition) is 0. The molecule has 6 nitrogen and oxygen atoms in total. The number of fused-ring (bicyclic) bond motifs is 1. The summed E-state index contributed by atoms with van der Waals surface area (Å²) in [6.07, 6.45) is 5.23. The number of carbonyl (C=O) groups excluding carboxylic acids is 1. The Morgan fingerprint density at radius 1 is 1.00 bits per heavy atom. The highest BCUT2D eigenvalue weighted by Crippen LogP contribution is 2.38. The molecule has 1 aromatic carbocycles. The van der Waals surface area contributed by atoms with Crippen LogP contribution in [0.3, 0.4) is 0 Å². The zero-order valence-electron chi connectivity index (χ0n) is 18.0. The van der Waals surface area contributed by atoms with Gasteiger partial charge in [-0.1, -0.05) is 23.9 Å². The van der Waals surface area contributed by atoms with Crippen LogP contribution in [0, 0.1) is 13.8 Å². The van der Waals surface area contributed by atoms with E-state index in [0.717, 1.165) is 44.5 Å². The lowest BCUT2D eigenvalue weighted by Crippen LogP contribution is -2.48. The fraction of sp³-hybridized carbons (Fsp3) is 0.250. The van der Waals surface area contributed by atoms with Crippen LogP contribution in [0.1, 0.15) is 20.8 Å². The Morgan fingerprint density at radius 2 is 1.75 bits per heavy atom. The van der Waals surface area contributed by atoms with Gasteiger partial charge in [-0.3, -0.25) is 9.78 Å². The molecule has 5 rings (SSSR count). The van der Waals surface area contributed by atoms with E-state index < -0.39 is 0 Å². The van der Waals surface area contributed by atoms with Crippen molar-refractivity contribution < 1.29 is 4.79 Å². The van der Waals surface area contributed by atoms with Crippen LogP contribution in [0.15, 0.2) is 65.0 Å². The van der Waals surface area contributed by atoms with Crippen molar-refractivity contribution in [3.8, 4) is 0 Å². The van der Waals surface area contributed by atoms with E-state index in [9.17, 15) is 4.79 Å². The van der Waals surface area contributed by atoms with Gasteiger partial charge < -0.3 is 9.80 Å². The van der Waals surface area contributed by atoms with Crippen LogP contribution in [0.2, 0.25) is 0 Å². The zero-order chi connectivity index (χ0) is 22.1. The summed E-state index contributed by atoms with van der Waals surface area (Å²) in [4.78, 5) is 33.9. The monoisotopic (exact) mass is 461 g/mol. The third kappa shape index (κ3) is 3.96. The third-order valence-electron chi connectivity index (χ3n) is 5.85. The Morgan fingerprint density at radius 3 is 2.53 bits per heavy atom. The van der Waals surface area contributed by atoms with Gasteiger partial charge in [-0.25, -0.2) is 9.97 Å². The first-order valence-corrected chi connectivity index (χ1v) is 12.2. The summed E-state index contributed by atoms with van der Waals surface area (Å²) in [5, 5.41) is 1.99. The number of piperazine rings is 1. The molecule has 1 amide bonds. The Labute approximate surface area is 195 Å². The number of nitrogens with zero attached hydrogens (tertiary/aromatic N) is 5. The number of thiophene rings is 1. The van der Waals surface area contributed by atoms with Gasteiger partial charge in [0.1, 0.15) is 16.2 Å². The van der Waals surface area contributed by atoms with E-state index in [1.165, 1.54) is 10.4 Å². The molecule has 0 spiro atoms. The van der Waals surface area contributed by atoms with Crippen molar-refractivity contribution in [2.24, 2.45) is 0 Å². The van der Waals surface area contributed by atoms with Crippen LogP contribution in [0.5, 0.6) is 0 Å². The first-order valence-electron chi connectivity index (χ1n) is 10.5. The molecule has 1 fully saturated rings. The molecule has 4 aromatic rings. The number of carbonyl (C=O) groups is 1. The zero-order valence-corrected chi connectivity index (χ0v) is 19.6. The van der Waals surface area contributed by atoms with Crippen molar-refractivity contribution in [3.05, 3.63) is 71.1 Å². The normalized spacial score (nSPS) is 14.2. The second-order valence-corrected chi connectivity index (χ2v) is 9.96. The molecular formula is C24H23N5OS2. The Bertz CT molecular complexity index is 1270. The summed E-state index contributed by atoms with van der Waals surface area (Å²) in [6, 6.07) is 11.9. The lowest BCUT2D eigenvalue weighted by Gasteiger charge is -2.36. The molecule has 0 aliphatic carbocycles. The topological polar surface area (TPSA) is 62.2 Å². The quantitative estimate of drug-likeness (QED) is 0.406. The maximum atomic E-state index is 13.4. The Kier molecular flexibility index (Phi) is 5.80. The fourth-order valence-corrected chi connectivity index (χ4v) is 6.09. The second-order valence-electron chi connectivity index (χ2n) is 7.73. The molecule has 0 atom stereocenters. The van der Waals surface area contributed by atoms with Crippen LogP contribution in [-0.2, 0) is 0 Å². The molecule has 0 bridgehead atoms. The first kappa shape index (κ1) is 20.9. The summed E-state index contributed by atoms with van der Waals surface area (Å²) in [5.41, 5.74) is 3.09. The highest BCUT2D eigenvalue weighted by atomic mass is 32.2. The number of aromatic nitrogens is 3. The molecule has 1 aliphatic heterocycles. The van der Waals surface area contributed by atoms with Crippen LogP contribution < -0.4 is 4.90 Å². The molecule has 32 heavy (non-hydrogen) atoms. The van der Waals surface area contributed by atoms with Crippen LogP contribution >= 0.6 is 23.1 Å². The molecule has 1 saturated heterocycles. The molecule has 8 heteroatoms. The molecule has 1 aliphatic rings. The minimum atomic E-state index is 0.0750. The van der Waals surface area contributed by atoms with Gasteiger partial charge in [-0.05, 0) is 43.7 Å². The van der Waals surface area contributed by atoms with E-state index in [-0.39, 0.29) is 5.91 Å². The van der Waals surface area contributed by atoms with E-state index in [2.05, 4.69) is 33.7 Å². The number of amides is 1. The average molecular weight is 462 g/mol. The second kappa shape index (κ2) is 8.88. The van der Waals surface area contributed by atoms with Gasteiger partial charge in [-0.2, -0.15) is 0 Å². The van der Waals surface area contributed by atoms with Crippen LogP contribution in [0.25, 0.3) is 10.2 Å². The minimum Gasteiger partial charge on any atom is -0.368 e. The summed E-state index contributed by atoms with van der Waals surface area (Å²) in [7, 11) is 0. The highest BCUT2D eigenvalue weighted by molar-refractivity contribution is 7.99. The number of aryl methyl sites for hydroxylation is 2. The Hall–Kier alpha value is -2.97. The average Bonchev–Trinajstić information content (AvgIpc) is 3.14. The largest absolute Gasteiger partial charge is 0.368 e. The SMILES string of the molecule is Cc1sc2ncnc(Sc3ccccc3C(=O)N3CCN(c4ccncc4)CC3)c2c1C.